The van der Waals surface area contributed by atoms with E-state index in [9.17, 15) is 9.50 Å². The van der Waals surface area contributed by atoms with Crippen molar-refractivity contribution in [1.82, 2.24) is 0 Å². The highest BCUT2D eigenvalue weighted by atomic mass is 19.1. The van der Waals surface area contributed by atoms with Crippen molar-refractivity contribution in [2.75, 3.05) is 13.8 Å². The first-order valence-electron chi connectivity index (χ1n) is 10.3. The maximum absolute atomic E-state index is 13.4. The van der Waals surface area contributed by atoms with Crippen LogP contribution in [0.4, 0.5) is 4.39 Å². The molecule has 0 amide bonds. The number of hydrogen-bond donors (Lipinski definition) is 1. The summed E-state index contributed by atoms with van der Waals surface area (Å²) < 4.78 is 19.3. The van der Waals surface area contributed by atoms with Crippen molar-refractivity contribution in [2.45, 2.75) is 83.3 Å². The Labute approximate surface area is 146 Å². The molecule has 0 aromatic rings. The number of alkyl halides is 1. The van der Waals surface area contributed by atoms with Crippen LogP contribution in [0.15, 0.2) is 0 Å². The summed E-state index contributed by atoms with van der Waals surface area (Å²) >= 11 is 0. The quantitative estimate of drug-likeness (QED) is 0.805. The molecule has 0 unspecified atom stereocenters. The summed E-state index contributed by atoms with van der Waals surface area (Å²) in [5.41, 5.74) is 0.525. The van der Waals surface area contributed by atoms with E-state index >= 15 is 0 Å². The molecule has 0 saturated heterocycles. The molecule has 0 bridgehead atoms. The Morgan fingerprint density at radius 3 is 2.62 bits per heavy atom. The summed E-state index contributed by atoms with van der Waals surface area (Å²) in [6, 6.07) is 0. The standard InChI is InChI=1S/C21H35FO2/c1-20-9-7-15(23)13-14(20)3-4-16-17(20)8-10-21(11-12-22)18(16)5-6-19(21)24-2/h14-19,23H,3-13H2,1-2H3/t14-,15-,16-,17+,18+,19+,20+,21-/m1/s1. The number of aliphatic hydroxyl groups is 1. The molecule has 1 N–H and O–H groups in total. The lowest BCUT2D eigenvalue weighted by Crippen LogP contribution is -2.55. The van der Waals surface area contributed by atoms with E-state index in [1.165, 1.54) is 32.1 Å². The third-order valence-electron chi connectivity index (χ3n) is 9.12. The molecule has 0 heterocycles. The van der Waals surface area contributed by atoms with Crippen molar-refractivity contribution in [3.05, 3.63) is 0 Å². The zero-order valence-electron chi connectivity index (χ0n) is 15.5. The molecule has 8 atom stereocenters. The maximum Gasteiger partial charge on any atom is 0.0900 e. The van der Waals surface area contributed by atoms with E-state index in [1.54, 1.807) is 0 Å². The number of ether oxygens (including phenoxy) is 1. The summed E-state index contributed by atoms with van der Waals surface area (Å²) in [7, 11) is 1.83. The van der Waals surface area contributed by atoms with Crippen molar-refractivity contribution in [2.24, 2.45) is 34.5 Å². The Morgan fingerprint density at radius 2 is 1.88 bits per heavy atom. The van der Waals surface area contributed by atoms with E-state index in [1.807, 2.05) is 7.11 Å². The minimum Gasteiger partial charge on any atom is -0.393 e. The SMILES string of the molecule is CO[C@H]1CC[C@H]2[C@@H]3CC[C@@H]4C[C@H](O)CC[C@]4(C)[C@H]3CC[C@]12CCF. The van der Waals surface area contributed by atoms with E-state index in [0.29, 0.717) is 23.7 Å². The van der Waals surface area contributed by atoms with Gasteiger partial charge in [0.2, 0.25) is 0 Å². The van der Waals surface area contributed by atoms with Crippen molar-refractivity contribution in [1.29, 1.82) is 0 Å². The molecule has 24 heavy (non-hydrogen) atoms. The Hall–Kier alpha value is -0.150. The molecule has 0 spiro atoms. The molecule has 0 aromatic carbocycles. The van der Waals surface area contributed by atoms with Crippen molar-refractivity contribution in [3.63, 3.8) is 0 Å². The fourth-order valence-corrected chi connectivity index (χ4v) is 8.00. The molecule has 138 valence electrons. The van der Waals surface area contributed by atoms with Crippen molar-refractivity contribution in [3.8, 4) is 0 Å². The number of rotatable bonds is 3. The molecule has 4 fully saturated rings. The fraction of sp³-hybridized carbons (Fsp3) is 1.00. The van der Waals surface area contributed by atoms with Crippen LogP contribution in [0.25, 0.3) is 0 Å². The van der Waals surface area contributed by atoms with Gasteiger partial charge in [-0.15, -0.1) is 0 Å². The van der Waals surface area contributed by atoms with Crippen LogP contribution < -0.4 is 0 Å². The second-order valence-electron chi connectivity index (χ2n) is 9.60. The summed E-state index contributed by atoms with van der Waals surface area (Å²) in [6.45, 7) is 2.32. The second kappa shape index (κ2) is 6.23. The van der Waals surface area contributed by atoms with Crippen molar-refractivity contribution >= 4 is 0 Å². The summed E-state index contributed by atoms with van der Waals surface area (Å²) in [5.74, 6) is 2.93. The number of fused-ring (bicyclic) bond motifs is 5. The number of aliphatic hydroxyl groups excluding tert-OH is 1. The van der Waals surface area contributed by atoms with Crippen LogP contribution in [-0.2, 0) is 4.74 Å². The zero-order chi connectivity index (χ0) is 16.9. The first-order valence-corrected chi connectivity index (χ1v) is 10.3. The van der Waals surface area contributed by atoms with Gasteiger partial charge >= 0.3 is 0 Å². The minimum atomic E-state index is -0.195. The highest BCUT2D eigenvalue weighted by Gasteiger charge is 2.61. The number of halogens is 1. The summed E-state index contributed by atoms with van der Waals surface area (Å²) in [5, 5.41) is 10.1. The first kappa shape index (κ1) is 17.3. The molecule has 3 heteroatoms. The van der Waals surface area contributed by atoms with E-state index in [4.69, 9.17) is 4.74 Å². The first-order chi connectivity index (χ1) is 11.5. The van der Waals surface area contributed by atoms with E-state index < -0.39 is 0 Å². The van der Waals surface area contributed by atoms with Gasteiger partial charge in [-0.05, 0) is 93.3 Å². The third kappa shape index (κ3) is 2.33. The van der Waals surface area contributed by atoms with Crippen LogP contribution in [0.5, 0.6) is 0 Å². The van der Waals surface area contributed by atoms with Gasteiger partial charge in [-0.2, -0.15) is 0 Å². The van der Waals surface area contributed by atoms with E-state index in [-0.39, 0.29) is 24.3 Å². The van der Waals surface area contributed by atoms with Crippen LogP contribution in [-0.4, -0.2) is 31.1 Å². The van der Waals surface area contributed by atoms with Crippen LogP contribution in [0.3, 0.4) is 0 Å². The van der Waals surface area contributed by atoms with Crippen LogP contribution in [0.2, 0.25) is 0 Å². The lowest BCUT2D eigenvalue weighted by atomic mass is 9.44. The predicted octanol–water partition coefficient (Wildman–Crippen LogP) is 4.74. The molecule has 4 rings (SSSR count). The molecule has 0 aliphatic heterocycles. The molecule has 4 saturated carbocycles. The molecule has 4 aliphatic rings. The highest BCUT2D eigenvalue weighted by molar-refractivity contribution is 5.10. The number of hydrogen-bond acceptors (Lipinski definition) is 2. The van der Waals surface area contributed by atoms with Gasteiger partial charge in [0.25, 0.3) is 0 Å². The van der Waals surface area contributed by atoms with Gasteiger partial charge in [0.1, 0.15) is 0 Å². The molecular weight excluding hydrogens is 303 g/mol. The number of methoxy groups -OCH3 is 1. The van der Waals surface area contributed by atoms with Gasteiger partial charge in [-0.25, -0.2) is 0 Å². The molecular formula is C21H35FO2. The van der Waals surface area contributed by atoms with E-state index in [2.05, 4.69) is 6.92 Å². The summed E-state index contributed by atoms with van der Waals surface area (Å²) in [4.78, 5) is 0. The average molecular weight is 339 g/mol. The Kier molecular flexibility index (Phi) is 4.48. The zero-order valence-corrected chi connectivity index (χ0v) is 15.5. The second-order valence-corrected chi connectivity index (χ2v) is 9.60. The van der Waals surface area contributed by atoms with Gasteiger partial charge in [0.05, 0.1) is 18.9 Å². The largest absolute Gasteiger partial charge is 0.393 e. The Morgan fingerprint density at radius 1 is 1.04 bits per heavy atom. The predicted molar refractivity (Wildman–Crippen MR) is 93.4 cm³/mol. The average Bonchev–Trinajstić information content (AvgIpc) is 2.94. The monoisotopic (exact) mass is 338 g/mol. The smallest absolute Gasteiger partial charge is 0.0900 e. The molecule has 0 radical (unpaired) electrons. The molecule has 4 aliphatic carbocycles. The van der Waals surface area contributed by atoms with Crippen LogP contribution >= 0.6 is 0 Å². The topological polar surface area (TPSA) is 29.5 Å². The van der Waals surface area contributed by atoms with Crippen molar-refractivity contribution < 1.29 is 14.2 Å². The van der Waals surface area contributed by atoms with Gasteiger partial charge in [0, 0.05) is 12.5 Å². The summed E-state index contributed by atoms with van der Waals surface area (Å²) in [6.07, 6.45) is 11.5. The normalized spacial score (nSPS) is 54.0. The van der Waals surface area contributed by atoms with E-state index in [0.717, 1.165) is 37.5 Å². The Balaban J connectivity index is 1.62. The minimum absolute atomic E-state index is 0.0711. The van der Waals surface area contributed by atoms with Gasteiger partial charge in [-0.1, -0.05) is 6.92 Å². The van der Waals surface area contributed by atoms with Crippen LogP contribution in [0, 0.1) is 34.5 Å². The lowest BCUT2D eigenvalue weighted by Gasteiger charge is -2.61. The van der Waals surface area contributed by atoms with Crippen LogP contribution in [0.1, 0.15) is 71.1 Å². The third-order valence-corrected chi connectivity index (χ3v) is 9.12. The lowest BCUT2D eigenvalue weighted by molar-refractivity contribution is -0.145. The van der Waals surface area contributed by atoms with Gasteiger partial charge in [-0.3, -0.25) is 4.39 Å². The van der Waals surface area contributed by atoms with Gasteiger partial charge < -0.3 is 9.84 Å². The molecule has 0 aromatic heterocycles. The highest BCUT2D eigenvalue weighted by Crippen LogP contribution is 2.67. The fourth-order valence-electron chi connectivity index (χ4n) is 8.00. The maximum atomic E-state index is 13.4. The van der Waals surface area contributed by atoms with Gasteiger partial charge in [0.15, 0.2) is 0 Å². The Bertz CT molecular complexity index is 469. The molecule has 2 nitrogen and oxygen atoms in total.